The van der Waals surface area contributed by atoms with Crippen LogP contribution in [0.2, 0.25) is 0 Å². The maximum atomic E-state index is 12.5. The summed E-state index contributed by atoms with van der Waals surface area (Å²) in [5.41, 5.74) is 5.25. The van der Waals surface area contributed by atoms with Crippen LogP contribution in [0.4, 0.5) is 0 Å². The standard InChI is InChI=1S/C24H25N3O2S/c1-27(2)30(28,29)25-17-21(18-11-5-3-6-12-18)23-20-15-9-10-16-22(20)26-24(23)19-13-7-4-8-14-19/h3-16,21,25-26H,17H2,1-2H3. The smallest absolute Gasteiger partial charge is 0.278 e. The van der Waals surface area contributed by atoms with Crippen LogP contribution >= 0.6 is 0 Å². The van der Waals surface area contributed by atoms with E-state index >= 15 is 0 Å². The summed E-state index contributed by atoms with van der Waals surface area (Å²) >= 11 is 0. The molecule has 1 unspecified atom stereocenters. The van der Waals surface area contributed by atoms with Gasteiger partial charge in [-0.1, -0.05) is 78.9 Å². The molecule has 5 nitrogen and oxygen atoms in total. The number of aromatic amines is 1. The van der Waals surface area contributed by atoms with Crippen molar-refractivity contribution in [2.75, 3.05) is 20.6 Å². The van der Waals surface area contributed by atoms with E-state index in [-0.39, 0.29) is 12.5 Å². The lowest BCUT2D eigenvalue weighted by atomic mass is 9.87. The first kappa shape index (κ1) is 20.3. The third-order valence-electron chi connectivity index (χ3n) is 5.31. The monoisotopic (exact) mass is 419 g/mol. The lowest BCUT2D eigenvalue weighted by Crippen LogP contribution is -2.38. The molecule has 1 atom stereocenters. The Kier molecular flexibility index (Phi) is 5.72. The van der Waals surface area contributed by atoms with Gasteiger partial charge in [-0.3, -0.25) is 0 Å². The number of nitrogens with one attached hydrogen (secondary N) is 2. The lowest BCUT2D eigenvalue weighted by Gasteiger charge is -2.21. The minimum Gasteiger partial charge on any atom is -0.354 e. The molecule has 1 aromatic heterocycles. The number of aromatic nitrogens is 1. The predicted molar refractivity (Wildman–Crippen MR) is 123 cm³/mol. The number of nitrogens with zero attached hydrogens (tertiary/aromatic N) is 1. The van der Waals surface area contributed by atoms with Gasteiger partial charge in [-0.15, -0.1) is 0 Å². The first-order valence-corrected chi connectivity index (χ1v) is 11.3. The highest BCUT2D eigenvalue weighted by molar-refractivity contribution is 7.87. The van der Waals surface area contributed by atoms with Gasteiger partial charge in [-0.05, 0) is 22.8 Å². The van der Waals surface area contributed by atoms with Crippen LogP contribution in [0.3, 0.4) is 0 Å². The fraction of sp³-hybridized carbons (Fsp3) is 0.167. The normalized spacial score (nSPS) is 13.0. The van der Waals surface area contributed by atoms with Crippen LogP contribution in [-0.4, -0.2) is 38.3 Å². The summed E-state index contributed by atoms with van der Waals surface area (Å²) in [7, 11) is -0.493. The van der Waals surface area contributed by atoms with Gasteiger partial charge in [0.05, 0.1) is 5.69 Å². The maximum absolute atomic E-state index is 12.5. The molecule has 3 aromatic carbocycles. The molecule has 0 aliphatic rings. The highest BCUT2D eigenvalue weighted by Crippen LogP contribution is 2.38. The zero-order valence-corrected chi connectivity index (χ0v) is 17.9. The third kappa shape index (κ3) is 4.03. The maximum Gasteiger partial charge on any atom is 0.278 e. The molecule has 6 heteroatoms. The van der Waals surface area contributed by atoms with Gasteiger partial charge in [-0.2, -0.15) is 12.7 Å². The average Bonchev–Trinajstić information content (AvgIpc) is 3.15. The summed E-state index contributed by atoms with van der Waals surface area (Å²) in [4.78, 5) is 3.56. The summed E-state index contributed by atoms with van der Waals surface area (Å²) in [6.45, 7) is 0.256. The molecule has 1 heterocycles. The summed E-state index contributed by atoms with van der Waals surface area (Å²) in [6, 6.07) is 28.3. The number of para-hydroxylation sites is 1. The van der Waals surface area contributed by atoms with Gasteiger partial charge in [0, 0.05) is 37.5 Å². The number of benzene rings is 3. The highest BCUT2D eigenvalue weighted by Gasteiger charge is 2.25. The SMILES string of the molecule is CN(C)S(=O)(=O)NCC(c1ccccc1)c1c(-c2ccccc2)[nH]c2ccccc12. The van der Waals surface area contributed by atoms with E-state index in [1.165, 1.54) is 18.4 Å². The number of rotatable bonds is 7. The van der Waals surface area contributed by atoms with Crippen molar-refractivity contribution in [2.24, 2.45) is 0 Å². The second kappa shape index (κ2) is 8.44. The Morgan fingerprint density at radius 3 is 2.13 bits per heavy atom. The quantitative estimate of drug-likeness (QED) is 0.467. The van der Waals surface area contributed by atoms with E-state index in [9.17, 15) is 8.42 Å². The summed E-state index contributed by atoms with van der Waals surface area (Å²) in [6.07, 6.45) is 0. The molecular weight excluding hydrogens is 394 g/mol. The van der Waals surface area contributed by atoms with Gasteiger partial charge in [-0.25, -0.2) is 4.72 Å². The number of hydrogen-bond acceptors (Lipinski definition) is 2. The van der Waals surface area contributed by atoms with E-state index in [1.807, 2.05) is 60.7 Å². The zero-order valence-electron chi connectivity index (χ0n) is 17.0. The van der Waals surface area contributed by atoms with E-state index in [1.54, 1.807) is 0 Å². The van der Waals surface area contributed by atoms with Crippen LogP contribution in [0.5, 0.6) is 0 Å². The number of hydrogen-bond donors (Lipinski definition) is 2. The minimum atomic E-state index is -3.55. The Balaban J connectivity index is 1.90. The van der Waals surface area contributed by atoms with Crippen molar-refractivity contribution >= 4 is 21.1 Å². The Labute approximate surface area is 177 Å². The van der Waals surface area contributed by atoms with E-state index in [0.717, 1.165) is 33.3 Å². The van der Waals surface area contributed by atoms with Crippen molar-refractivity contribution in [3.05, 3.63) is 96.1 Å². The molecule has 0 radical (unpaired) electrons. The Morgan fingerprint density at radius 2 is 1.47 bits per heavy atom. The second-order valence-electron chi connectivity index (χ2n) is 7.42. The second-order valence-corrected chi connectivity index (χ2v) is 9.39. The van der Waals surface area contributed by atoms with Gasteiger partial charge in [0.2, 0.25) is 0 Å². The Hall–Kier alpha value is -2.93. The van der Waals surface area contributed by atoms with Gasteiger partial charge < -0.3 is 4.98 Å². The van der Waals surface area contributed by atoms with Crippen LogP contribution in [0, 0.1) is 0 Å². The predicted octanol–water partition coefficient (Wildman–Crippen LogP) is 4.36. The molecule has 4 aromatic rings. The van der Waals surface area contributed by atoms with Gasteiger partial charge >= 0.3 is 0 Å². The van der Waals surface area contributed by atoms with Crippen molar-refractivity contribution < 1.29 is 8.42 Å². The fourth-order valence-electron chi connectivity index (χ4n) is 3.75. The minimum absolute atomic E-state index is 0.160. The summed E-state index contributed by atoms with van der Waals surface area (Å²) in [5.74, 6) is -0.160. The van der Waals surface area contributed by atoms with Crippen LogP contribution in [0.1, 0.15) is 17.0 Å². The fourth-order valence-corrected chi connectivity index (χ4v) is 4.38. The average molecular weight is 420 g/mol. The lowest BCUT2D eigenvalue weighted by molar-refractivity contribution is 0.503. The molecule has 4 rings (SSSR count). The van der Waals surface area contributed by atoms with Gasteiger partial charge in [0.15, 0.2) is 0 Å². The molecule has 0 saturated carbocycles. The van der Waals surface area contributed by atoms with Crippen LogP contribution < -0.4 is 4.72 Å². The van der Waals surface area contributed by atoms with Crippen LogP contribution in [0.15, 0.2) is 84.9 Å². The number of fused-ring (bicyclic) bond motifs is 1. The first-order valence-electron chi connectivity index (χ1n) is 9.85. The van der Waals surface area contributed by atoms with E-state index < -0.39 is 10.2 Å². The molecule has 2 N–H and O–H groups in total. The van der Waals surface area contributed by atoms with Crippen LogP contribution in [0.25, 0.3) is 22.2 Å². The van der Waals surface area contributed by atoms with Crippen molar-refractivity contribution in [1.29, 1.82) is 0 Å². The molecule has 0 aliphatic heterocycles. The molecule has 0 amide bonds. The zero-order chi connectivity index (χ0) is 21.1. The van der Waals surface area contributed by atoms with E-state index in [4.69, 9.17) is 0 Å². The molecule has 0 spiro atoms. The van der Waals surface area contributed by atoms with Crippen molar-refractivity contribution in [3.8, 4) is 11.3 Å². The number of H-pyrrole nitrogens is 1. The summed E-state index contributed by atoms with van der Waals surface area (Å²) in [5, 5.41) is 1.09. The summed E-state index contributed by atoms with van der Waals surface area (Å²) < 4.78 is 28.9. The molecule has 0 aliphatic carbocycles. The Morgan fingerprint density at radius 1 is 0.867 bits per heavy atom. The molecule has 0 bridgehead atoms. The highest BCUT2D eigenvalue weighted by atomic mass is 32.2. The Bertz CT molecular complexity index is 1230. The molecule has 30 heavy (non-hydrogen) atoms. The van der Waals surface area contributed by atoms with Gasteiger partial charge in [0.1, 0.15) is 0 Å². The van der Waals surface area contributed by atoms with Crippen molar-refractivity contribution in [1.82, 2.24) is 14.0 Å². The topological polar surface area (TPSA) is 65.2 Å². The van der Waals surface area contributed by atoms with Gasteiger partial charge in [0.25, 0.3) is 10.2 Å². The van der Waals surface area contributed by atoms with E-state index in [0.29, 0.717) is 0 Å². The molecule has 154 valence electrons. The van der Waals surface area contributed by atoms with Crippen molar-refractivity contribution in [2.45, 2.75) is 5.92 Å². The van der Waals surface area contributed by atoms with E-state index in [2.05, 4.69) is 34.0 Å². The molecular formula is C24H25N3O2S. The van der Waals surface area contributed by atoms with Crippen molar-refractivity contribution in [3.63, 3.8) is 0 Å². The molecule has 0 saturated heterocycles. The van der Waals surface area contributed by atoms with Crippen LogP contribution in [-0.2, 0) is 10.2 Å². The third-order valence-corrected chi connectivity index (χ3v) is 6.80. The largest absolute Gasteiger partial charge is 0.354 e. The molecule has 0 fully saturated rings. The first-order chi connectivity index (χ1) is 14.5.